The average Bonchev–Trinajstić information content (AvgIpc) is 2.87. The molecule has 2 aromatic rings. The standard InChI is InChI=1S/C13H18N2S2/c1-4-14-12(11-8-16-6-9(11)2)5-13-15-10(3)7-17-13/h6-8,12,14H,4-5H2,1-3H3. The van der Waals surface area contributed by atoms with Crippen molar-refractivity contribution in [3.8, 4) is 0 Å². The van der Waals surface area contributed by atoms with Crippen LogP contribution in [0.25, 0.3) is 0 Å². The fourth-order valence-corrected chi connectivity index (χ4v) is 3.66. The van der Waals surface area contributed by atoms with Gasteiger partial charge in [-0.25, -0.2) is 4.98 Å². The van der Waals surface area contributed by atoms with Crippen LogP contribution >= 0.6 is 22.7 Å². The molecule has 2 heterocycles. The summed E-state index contributed by atoms with van der Waals surface area (Å²) < 4.78 is 0. The zero-order valence-corrected chi connectivity index (χ0v) is 12.1. The summed E-state index contributed by atoms with van der Waals surface area (Å²) in [6.07, 6.45) is 0.990. The molecule has 17 heavy (non-hydrogen) atoms. The van der Waals surface area contributed by atoms with Gasteiger partial charge in [-0.3, -0.25) is 0 Å². The highest BCUT2D eigenvalue weighted by Crippen LogP contribution is 2.26. The van der Waals surface area contributed by atoms with Crippen LogP contribution in [0.3, 0.4) is 0 Å². The maximum absolute atomic E-state index is 4.55. The van der Waals surface area contributed by atoms with Gasteiger partial charge in [0, 0.05) is 23.5 Å². The SMILES string of the molecule is CCNC(Cc1nc(C)cs1)c1cscc1C. The normalized spacial score (nSPS) is 12.9. The fraction of sp³-hybridized carbons (Fsp3) is 0.462. The van der Waals surface area contributed by atoms with E-state index in [-0.39, 0.29) is 0 Å². The molecule has 0 aromatic carbocycles. The molecule has 0 fully saturated rings. The van der Waals surface area contributed by atoms with Crippen molar-refractivity contribution in [1.82, 2.24) is 10.3 Å². The number of nitrogens with one attached hydrogen (secondary N) is 1. The number of aryl methyl sites for hydroxylation is 2. The van der Waals surface area contributed by atoms with Crippen LogP contribution in [-0.2, 0) is 6.42 Å². The third-order valence-corrected chi connectivity index (χ3v) is 4.64. The monoisotopic (exact) mass is 266 g/mol. The molecular weight excluding hydrogens is 248 g/mol. The predicted molar refractivity (Wildman–Crippen MR) is 76.0 cm³/mol. The Kier molecular flexibility index (Phi) is 4.31. The van der Waals surface area contributed by atoms with Gasteiger partial charge >= 0.3 is 0 Å². The van der Waals surface area contributed by atoms with E-state index in [1.807, 2.05) is 0 Å². The molecule has 1 atom stereocenters. The van der Waals surface area contributed by atoms with E-state index < -0.39 is 0 Å². The molecule has 0 saturated carbocycles. The van der Waals surface area contributed by atoms with Gasteiger partial charge in [0.05, 0.1) is 5.01 Å². The summed E-state index contributed by atoms with van der Waals surface area (Å²) in [7, 11) is 0. The minimum Gasteiger partial charge on any atom is -0.310 e. The Balaban J connectivity index is 2.15. The molecular formula is C13H18N2S2. The molecule has 4 heteroatoms. The second kappa shape index (κ2) is 5.76. The summed E-state index contributed by atoms with van der Waals surface area (Å²) in [5, 5.41) is 11.4. The maximum atomic E-state index is 4.55. The first-order valence-corrected chi connectivity index (χ1v) is 7.70. The fourth-order valence-electron chi connectivity index (χ4n) is 1.94. The van der Waals surface area contributed by atoms with E-state index in [1.165, 1.54) is 16.1 Å². The Hall–Kier alpha value is -0.710. The number of rotatable bonds is 5. The third-order valence-electron chi connectivity index (χ3n) is 2.77. The van der Waals surface area contributed by atoms with Crippen molar-refractivity contribution in [3.05, 3.63) is 38.0 Å². The highest BCUT2D eigenvalue weighted by atomic mass is 32.1. The Bertz CT molecular complexity index is 473. The lowest BCUT2D eigenvalue weighted by Gasteiger charge is -2.16. The van der Waals surface area contributed by atoms with Crippen molar-refractivity contribution in [2.45, 2.75) is 33.2 Å². The van der Waals surface area contributed by atoms with Crippen molar-refractivity contribution in [2.24, 2.45) is 0 Å². The van der Waals surface area contributed by atoms with Crippen LogP contribution in [0.15, 0.2) is 16.1 Å². The van der Waals surface area contributed by atoms with Gasteiger partial charge in [-0.15, -0.1) is 11.3 Å². The summed E-state index contributed by atoms with van der Waals surface area (Å²) in [6, 6.07) is 0.400. The molecule has 0 radical (unpaired) electrons. The second-order valence-corrected chi connectivity index (χ2v) is 5.89. The van der Waals surface area contributed by atoms with E-state index in [2.05, 4.69) is 47.2 Å². The number of hydrogen-bond acceptors (Lipinski definition) is 4. The molecule has 0 amide bonds. The van der Waals surface area contributed by atoms with E-state index in [1.54, 1.807) is 22.7 Å². The minimum absolute atomic E-state index is 0.400. The molecule has 2 rings (SSSR count). The molecule has 0 saturated heterocycles. The maximum Gasteiger partial charge on any atom is 0.0947 e. The van der Waals surface area contributed by atoms with E-state index in [0.717, 1.165) is 18.7 Å². The molecule has 1 unspecified atom stereocenters. The minimum atomic E-state index is 0.400. The number of thiazole rings is 1. The van der Waals surface area contributed by atoms with Crippen molar-refractivity contribution in [1.29, 1.82) is 0 Å². The smallest absolute Gasteiger partial charge is 0.0947 e. The number of likely N-dealkylation sites (N-methyl/N-ethyl adjacent to an activating group) is 1. The van der Waals surface area contributed by atoms with Gasteiger partial charge in [0.15, 0.2) is 0 Å². The van der Waals surface area contributed by atoms with E-state index in [9.17, 15) is 0 Å². The first-order chi connectivity index (χ1) is 8.20. The highest BCUT2D eigenvalue weighted by molar-refractivity contribution is 7.09. The summed E-state index contributed by atoms with van der Waals surface area (Å²) in [5.74, 6) is 0. The van der Waals surface area contributed by atoms with Crippen LogP contribution in [-0.4, -0.2) is 11.5 Å². The van der Waals surface area contributed by atoms with Gasteiger partial charge < -0.3 is 5.32 Å². The van der Waals surface area contributed by atoms with Crippen LogP contribution < -0.4 is 5.32 Å². The van der Waals surface area contributed by atoms with Crippen molar-refractivity contribution >= 4 is 22.7 Å². The molecule has 0 spiro atoms. The predicted octanol–water partition coefficient (Wildman–Crippen LogP) is 3.71. The Morgan fingerprint density at radius 2 is 2.12 bits per heavy atom. The average molecular weight is 266 g/mol. The first-order valence-electron chi connectivity index (χ1n) is 5.87. The summed E-state index contributed by atoms with van der Waals surface area (Å²) in [6.45, 7) is 7.38. The summed E-state index contributed by atoms with van der Waals surface area (Å²) >= 11 is 3.54. The Morgan fingerprint density at radius 3 is 2.65 bits per heavy atom. The molecule has 2 aromatic heterocycles. The van der Waals surface area contributed by atoms with Crippen molar-refractivity contribution in [2.75, 3.05) is 6.54 Å². The topological polar surface area (TPSA) is 24.9 Å². The number of nitrogens with zero attached hydrogens (tertiary/aromatic N) is 1. The van der Waals surface area contributed by atoms with Crippen LogP contribution in [0.1, 0.15) is 34.8 Å². The van der Waals surface area contributed by atoms with Gasteiger partial charge in [0.2, 0.25) is 0 Å². The lowest BCUT2D eigenvalue weighted by atomic mass is 10.0. The molecule has 92 valence electrons. The molecule has 0 aliphatic rings. The lowest BCUT2D eigenvalue weighted by Crippen LogP contribution is -2.23. The van der Waals surface area contributed by atoms with Crippen LogP contribution in [0.5, 0.6) is 0 Å². The molecule has 1 N–H and O–H groups in total. The Morgan fingerprint density at radius 1 is 1.29 bits per heavy atom. The number of aromatic nitrogens is 1. The van der Waals surface area contributed by atoms with Crippen molar-refractivity contribution < 1.29 is 0 Å². The number of thiophene rings is 1. The van der Waals surface area contributed by atoms with Crippen LogP contribution in [0.4, 0.5) is 0 Å². The lowest BCUT2D eigenvalue weighted by molar-refractivity contribution is 0.547. The van der Waals surface area contributed by atoms with Gasteiger partial charge in [0.25, 0.3) is 0 Å². The van der Waals surface area contributed by atoms with Gasteiger partial charge in [-0.05, 0) is 42.3 Å². The Labute approximate surface area is 111 Å². The molecule has 0 bridgehead atoms. The second-order valence-electron chi connectivity index (χ2n) is 4.21. The zero-order chi connectivity index (χ0) is 12.3. The van der Waals surface area contributed by atoms with Crippen LogP contribution in [0, 0.1) is 13.8 Å². The highest BCUT2D eigenvalue weighted by Gasteiger charge is 2.15. The largest absolute Gasteiger partial charge is 0.310 e. The summed E-state index contributed by atoms with van der Waals surface area (Å²) in [5.41, 5.74) is 3.93. The molecule has 0 aliphatic heterocycles. The number of hydrogen-bond donors (Lipinski definition) is 1. The third kappa shape index (κ3) is 3.15. The van der Waals surface area contributed by atoms with Gasteiger partial charge in [0.1, 0.15) is 0 Å². The van der Waals surface area contributed by atoms with Gasteiger partial charge in [-0.1, -0.05) is 6.92 Å². The summed E-state index contributed by atoms with van der Waals surface area (Å²) in [4.78, 5) is 4.55. The van der Waals surface area contributed by atoms with E-state index in [0.29, 0.717) is 6.04 Å². The quantitative estimate of drug-likeness (QED) is 0.892. The van der Waals surface area contributed by atoms with E-state index in [4.69, 9.17) is 0 Å². The zero-order valence-electron chi connectivity index (χ0n) is 10.5. The van der Waals surface area contributed by atoms with Gasteiger partial charge in [-0.2, -0.15) is 11.3 Å². The van der Waals surface area contributed by atoms with Crippen molar-refractivity contribution in [3.63, 3.8) is 0 Å². The molecule has 2 nitrogen and oxygen atoms in total. The van der Waals surface area contributed by atoms with E-state index >= 15 is 0 Å². The van der Waals surface area contributed by atoms with Crippen LogP contribution in [0.2, 0.25) is 0 Å². The molecule has 0 aliphatic carbocycles. The first kappa shape index (κ1) is 12.7.